The zero-order chi connectivity index (χ0) is 19.0. The number of nitrogens with two attached hydrogens (primary N) is 1. The number of nitriles is 1. The maximum atomic E-state index is 13.0. The SMILES string of the molecule is N#C/C(=N\Nc1c(Br)cc(Br)c2c1C(=O)c1ccccc1C2=O)C(=N)N. The van der Waals surface area contributed by atoms with Crippen molar-refractivity contribution in [3.63, 3.8) is 0 Å². The van der Waals surface area contributed by atoms with Crippen molar-refractivity contribution in [2.45, 2.75) is 0 Å². The number of nitrogens with zero attached hydrogens (tertiary/aromatic N) is 2. The molecule has 0 amide bonds. The summed E-state index contributed by atoms with van der Waals surface area (Å²) in [5, 5.41) is 20.0. The minimum atomic E-state index is -0.519. The maximum Gasteiger partial charge on any atom is 0.201 e. The predicted octanol–water partition coefficient (Wildman–Crippen LogP) is 3.21. The van der Waals surface area contributed by atoms with Gasteiger partial charge in [-0.2, -0.15) is 10.4 Å². The fourth-order valence-electron chi connectivity index (χ4n) is 2.58. The number of rotatable bonds is 3. The number of nitrogens with one attached hydrogen (secondary N) is 2. The molecular weight excluding hydrogens is 466 g/mol. The van der Waals surface area contributed by atoms with E-state index in [4.69, 9.17) is 16.4 Å². The molecular formula is C17H9Br2N5O2. The summed E-state index contributed by atoms with van der Waals surface area (Å²) in [5.74, 6) is -1.17. The van der Waals surface area contributed by atoms with E-state index >= 15 is 0 Å². The molecule has 0 saturated heterocycles. The molecule has 0 aromatic heterocycles. The molecule has 3 rings (SSSR count). The zero-order valence-electron chi connectivity index (χ0n) is 12.9. The van der Waals surface area contributed by atoms with Gasteiger partial charge in [-0.25, -0.2) is 0 Å². The number of carbonyl (C=O) groups excluding carboxylic acids is 2. The predicted molar refractivity (Wildman–Crippen MR) is 104 cm³/mol. The van der Waals surface area contributed by atoms with Gasteiger partial charge in [0.25, 0.3) is 0 Å². The van der Waals surface area contributed by atoms with Crippen molar-refractivity contribution >= 4 is 60.7 Å². The highest BCUT2D eigenvalue weighted by Crippen LogP contribution is 2.40. The summed E-state index contributed by atoms with van der Waals surface area (Å²) in [5.41, 5.74) is 8.67. The Labute approximate surface area is 164 Å². The molecule has 0 fully saturated rings. The van der Waals surface area contributed by atoms with Gasteiger partial charge in [-0.05, 0) is 37.9 Å². The highest BCUT2D eigenvalue weighted by molar-refractivity contribution is 9.11. The van der Waals surface area contributed by atoms with E-state index in [1.54, 1.807) is 36.4 Å². The Morgan fingerprint density at radius 2 is 1.69 bits per heavy atom. The summed E-state index contributed by atoms with van der Waals surface area (Å²) in [6, 6.07) is 9.83. The molecule has 4 N–H and O–H groups in total. The van der Waals surface area contributed by atoms with Crippen LogP contribution in [0.2, 0.25) is 0 Å². The first kappa shape index (κ1) is 18.0. The smallest absolute Gasteiger partial charge is 0.201 e. The minimum Gasteiger partial charge on any atom is -0.382 e. The van der Waals surface area contributed by atoms with Gasteiger partial charge in [0.15, 0.2) is 17.4 Å². The second-order valence-corrected chi connectivity index (χ2v) is 6.98. The van der Waals surface area contributed by atoms with Crippen LogP contribution < -0.4 is 11.2 Å². The number of hydrogen-bond acceptors (Lipinski definition) is 6. The number of hydrazone groups is 1. The van der Waals surface area contributed by atoms with Crippen LogP contribution in [0.15, 0.2) is 44.4 Å². The Bertz CT molecular complexity index is 1070. The molecule has 2 aromatic carbocycles. The van der Waals surface area contributed by atoms with Gasteiger partial charge in [-0.3, -0.25) is 20.4 Å². The third-order valence-electron chi connectivity index (χ3n) is 3.74. The number of anilines is 1. The van der Waals surface area contributed by atoms with E-state index < -0.39 is 5.84 Å². The molecule has 0 heterocycles. The van der Waals surface area contributed by atoms with Gasteiger partial charge < -0.3 is 5.73 Å². The summed E-state index contributed by atoms with van der Waals surface area (Å²) in [6.45, 7) is 0. The monoisotopic (exact) mass is 473 g/mol. The Hall–Kier alpha value is -2.83. The Morgan fingerprint density at radius 3 is 2.23 bits per heavy atom. The van der Waals surface area contributed by atoms with Crippen LogP contribution >= 0.6 is 31.9 Å². The lowest BCUT2D eigenvalue weighted by atomic mass is 9.83. The molecule has 26 heavy (non-hydrogen) atoms. The van der Waals surface area contributed by atoms with E-state index in [2.05, 4.69) is 42.4 Å². The van der Waals surface area contributed by atoms with Crippen LogP contribution in [0.5, 0.6) is 0 Å². The van der Waals surface area contributed by atoms with Gasteiger partial charge in [0, 0.05) is 20.1 Å². The van der Waals surface area contributed by atoms with Crippen LogP contribution in [-0.2, 0) is 0 Å². The fourth-order valence-corrected chi connectivity index (χ4v) is 4.01. The van der Waals surface area contributed by atoms with Crippen molar-refractivity contribution in [1.82, 2.24) is 0 Å². The molecule has 2 aromatic rings. The lowest BCUT2D eigenvalue weighted by Gasteiger charge is -2.22. The van der Waals surface area contributed by atoms with Gasteiger partial charge in [-0.15, -0.1) is 0 Å². The summed E-state index contributed by atoms with van der Waals surface area (Å²) >= 11 is 6.66. The minimum absolute atomic E-state index is 0.125. The van der Waals surface area contributed by atoms with Gasteiger partial charge >= 0.3 is 0 Å². The molecule has 7 nitrogen and oxygen atoms in total. The van der Waals surface area contributed by atoms with Gasteiger partial charge in [-0.1, -0.05) is 24.3 Å². The third kappa shape index (κ3) is 2.83. The number of ketones is 2. The van der Waals surface area contributed by atoms with Crippen LogP contribution in [0.4, 0.5) is 5.69 Å². The Balaban J connectivity index is 2.24. The largest absolute Gasteiger partial charge is 0.382 e. The highest BCUT2D eigenvalue weighted by atomic mass is 79.9. The fraction of sp³-hybridized carbons (Fsp3) is 0. The average Bonchev–Trinajstić information content (AvgIpc) is 2.61. The van der Waals surface area contributed by atoms with E-state index in [1.165, 1.54) is 0 Å². The van der Waals surface area contributed by atoms with Crippen molar-refractivity contribution in [3.8, 4) is 6.07 Å². The van der Waals surface area contributed by atoms with Crippen LogP contribution in [-0.4, -0.2) is 23.1 Å². The molecule has 1 aliphatic rings. The molecule has 0 saturated carbocycles. The number of carbonyl (C=O) groups is 2. The molecule has 1 aliphatic carbocycles. The zero-order valence-corrected chi connectivity index (χ0v) is 16.1. The van der Waals surface area contributed by atoms with Crippen molar-refractivity contribution < 1.29 is 9.59 Å². The number of fused-ring (bicyclic) bond motifs is 2. The summed E-state index contributed by atoms with van der Waals surface area (Å²) in [4.78, 5) is 25.9. The Kier molecular flexibility index (Phi) is 4.71. The molecule has 0 radical (unpaired) electrons. The van der Waals surface area contributed by atoms with E-state index in [1.807, 2.05) is 0 Å². The molecule has 0 aliphatic heterocycles. The van der Waals surface area contributed by atoms with Crippen LogP contribution in [0, 0.1) is 16.7 Å². The van der Waals surface area contributed by atoms with Gasteiger partial charge in [0.1, 0.15) is 6.07 Å². The number of hydrogen-bond donors (Lipinski definition) is 3. The highest BCUT2D eigenvalue weighted by Gasteiger charge is 2.34. The first-order valence-corrected chi connectivity index (χ1v) is 8.74. The Morgan fingerprint density at radius 1 is 1.12 bits per heavy atom. The lowest BCUT2D eigenvalue weighted by molar-refractivity contribution is 0.0979. The second-order valence-electron chi connectivity index (χ2n) is 5.27. The topological polar surface area (TPSA) is 132 Å². The number of benzene rings is 2. The first-order valence-electron chi connectivity index (χ1n) is 7.15. The van der Waals surface area contributed by atoms with Crippen LogP contribution in [0.1, 0.15) is 31.8 Å². The van der Waals surface area contributed by atoms with Gasteiger partial charge in [0.2, 0.25) is 5.71 Å². The maximum absolute atomic E-state index is 13.0. The average molecular weight is 475 g/mol. The molecule has 9 heteroatoms. The second kappa shape index (κ2) is 6.82. The number of halogens is 2. The van der Waals surface area contributed by atoms with E-state index in [-0.39, 0.29) is 39.7 Å². The summed E-state index contributed by atoms with van der Waals surface area (Å²) in [6.07, 6.45) is 0. The molecule has 0 spiro atoms. The third-order valence-corrected chi connectivity index (χ3v) is 4.99. The van der Waals surface area contributed by atoms with Crippen molar-refractivity contribution in [1.29, 1.82) is 10.7 Å². The van der Waals surface area contributed by atoms with Crippen LogP contribution in [0.25, 0.3) is 0 Å². The summed E-state index contributed by atoms with van der Waals surface area (Å²) < 4.78 is 0.905. The molecule has 0 unspecified atom stereocenters. The standard InChI is InChI=1S/C17H9Br2N5O2/c18-9-5-10(19)14(24-23-11(6-20)17(21)22)13-12(9)15(25)7-3-1-2-4-8(7)16(13)26/h1-5,24H,(H3,21,22)/b23-11+. The van der Waals surface area contributed by atoms with Crippen molar-refractivity contribution in [3.05, 3.63) is 61.5 Å². The normalized spacial score (nSPS) is 12.9. The van der Waals surface area contributed by atoms with Crippen molar-refractivity contribution in [2.75, 3.05) is 5.43 Å². The van der Waals surface area contributed by atoms with E-state index in [0.29, 0.717) is 14.5 Å². The quantitative estimate of drug-likeness (QED) is 0.304. The van der Waals surface area contributed by atoms with E-state index in [0.717, 1.165) is 0 Å². The number of amidine groups is 1. The van der Waals surface area contributed by atoms with Crippen LogP contribution in [0.3, 0.4) is 0 Å². The molecule has 128 valence electrons. The van der Waals surface area contributed by atoms with Gasteiger partial charge in [0.05, 0.1) is 16.8 Å². The van der Waals surface area contributed by atoms with E-state index in [9.17, 15) is 9.59 Å². The first-order chi connectivity index (χ1) is 12.4. The summed E-state index contributed by atoms with van der Waals surface area (Å²) in [7, 11) is 0. The van der Waals surface area contributed by atoms with Crippen molar-refractivity contribution in [2.24, 2.45) is 10.8 Å². The molecule has 0 bridgehead atoms. The lowest BCUT2D eigenvalue weighted by Crippen LogP contribution is -2.24. The molecule has 0 atom stereocenters.